The SMILES string of the molecule is Cc1ccc(OCC(=O)N2CC(O)C2)c(C(C)(C)C)c1. The van der Waals surface area contributed by atoms with Crippen LogP contribution in [0.3, 0.4) is 0 Å². The molecule has 1 fully saturated rings. The van der Waals surface area contributed by atoms with Gasteiger partial charge in [0.25, 0.3) is 5.91 Å². The highest BCUT2D eigenvalue weighted by atomic mass is 16.5. The van der Waals surface area contributed by atoms with Gasteiger partial charge in [0.2, 0.25) is 0 Å². The number of aliphatic hydroxyl groups excluding tert-OH is 1. The Labute approximate surface area is 120 Å². The lowest BCUT2D eigenvalue weighted by Crippen LogP contribution is -2.54. The lowest BCUT2D eigenvalue weighted by molar-refractivity contribution is -0.143. The number of carbonyl (C=O) groups excluding carboxylic acids is 1. The maximum atomic E-state index is 11.9. The van der Waals surface area contributed by atoms with Crippen LogP contribution in [0.25, 0.3) is 0 Å². The Morgan fingerprint density at radius 2 is 2.05 bits per heavy atom. The van der Waals surface area contributed by atoms with E-state index in [9.17, 15) is 9.90 Å². The number of likely N-dealkylation sites (tertiary alicyclic amines) is 1. The highest BCUT2D eigenvalue weighted by molar-refractivity contribution is 5.78. The monoisotopic (exact) mass is 277 g/mol. The first-order chi connectivity index (χ1) is 9.27. The number of rotatable bonds is 3. The van der Waals surface area contributed by atoms with E-state index in [0.717, 1.165) is 11.3 Å². The summed E-state index contributed by atoms with van der Waals surface area (Å²) in [6.07, 6.45) is -0.372. The van der Waals surface area contributed by atoms with Crippen molar-refractivity contribution < 1.29 is 14.6 Å². The molecule has 0 aliphatic carbocycles. The van der Waals surface area contributed by atoms with Gasteiger partial charge >= 0.3 is 0 Å². The topological polar surface area (TPSA) is 49.8 Å². The second kappa shape index (κ2) is 5.44. The van der Waals surface area contributed by atoms with Crippen molar-refractivity contribution in [2.75, 3.05) is 19.7 Å². The van der Waals surface area contributed by atoms with Gasteiger partial charge in [-0.1, -0.05) is 38.5 Å². The van der Waals surface area contributed by atoms with Gasteiger partial charge in [-0.2, -0.15) is 0 Å². The van der Waals surface area contributed by atoms with Gasteiger partial charge in [0.1, 0.15) is 5.75 Å². The Morgan fingerprint density at radius 1 is 1.40 bits per heavy atom. The average molecular weight is 277 g/mol. The number of benzene rings is 1. The molecule has 1 heterocycles. The highest BCUT2D eigenvalue weighted by Crippen LogP contribution is 2.32. The van der Waals surface area contributed by atoms with Gasteiger partial charge in [-0.15, -0.1) is 0 Å². The van der Waals surface area contributed by atoms with Crippen LogP contribution in [0.4, 0.5) is 0 Å². The number of carbonyl (C=O) groups is 1. The predicted molar refractivity (Wildman–Crippen MR) is 78.0 cm³/mol. The molecule has 1 aliphatic heterocycles. The smallest absolute Gasteiger partial charge is 0.260 e. The highest BCUT2D eigenvalue weighted by Gasteiger charge is 2.29. The van der Waals surface area contributed by atoms with Crippen molar-refractivity contribution in [2.24, 2.45) is 0 Å². The van der Waals surface area contributed by atoms with Crippen LogP contribution in [0.15, 0.2) is 18.2 Å². The van der Waals surface area contributed by atoms with Crippen molar-refractivity contribution >= 4 is 5.91 Å². The zero-order valence-corrected chi connectivity index (χ0v) is 12.6. The molecule has 0 bridgehead atoms. The molecule has 0 saturated carbocycles. The minimum atomic E-state index is -0.372. The standard InChI is InChI=1S/C16H23NO3/c1-11-5-6-14(13(7-11)16(2,3)4)20-10-15(19)17-8-12(18)9-17/h5-7,12,18H,8-10H2,1-4H3. The molecule has 1 aromatic rings. The molecule has 0 aromatic heterocycles. The number of amides is 1. The molecular formula is C16H23NO3. The largest absolute Gasteiger partial charge is 0.483 e. The number of hydrogen-bond donors (Lipinski definition) is 1. The summed E-state index contributed by atoms with van der Waals surface area (Å²) in [5, 5.41) is 9.20. The number of hydrogen-bond acceptors (Lipinski definition) is 3. The Balaban J connectivity index is 2.04. The third kappa shape index (κ3) is 3.31. The summed E-state index contributed by atoms with van der Waals surface area (Å²) in [5.41, 5.74) is 2.26. The molecule has 4 heteroatoms. The molecule has 1 amide bonds. The molecule has 1 saturated heterocycles. The number of aryl methyl sites for hydroxylation is 1. The van der Waals surface area contributed by atoms with Gasteiger partial charge in [-0.25, -0.2) is 0 Å². The van der Waals surface area contributed by atoms with Gasteiger partial charge in [0, 0.05) is 13.1 Å². The lowest BCUT2D eigenvalue weighted by Gasteiger charge is -2.35. The summed E-state index contributed by atoms with van der Waals surface area (Å²) < 4.78 is 5.70. The van der Waals surface area contributed by atoms with Gasteiger partial charge in [-0.05, 0) is 24.0 Å². The third-order valence-corrected chi connectivity index (χ3v) is 3.51. The van der Waals surface area contributed by atoms with Gasteiger partial charge < -0.3 is 14.7 Å². The van der Waals surface area contributed by atoms with Crippen LogP contribution in [0, 0.1) is 6.92 Å². The average Bonchev–Trinajstić information content (AvgIpc) is 2.32. The number of nitrogens with zero attached hydrogens (tertiary/aromatic N) is 1. The van der Waals surface area contributed by atoms with Crippen molar-refractivity contribution in [3.63, 3.8) is 0 Å². The number of β-amino-alcohol motifs (C(OH)–C–C–N with tert-alkyl or cyclic N) is 1. The van der Waals surface area contributed by atoms with Crippen molar-refractivity contribution in [3.8, 4) is 5.75 Å². The summed E-state index contributed by atoms with van der Waals surface area (Å²) >= 11 is 0. The maximum absolute atomic E-state index is 11.9. The summed E-state index contributed by atoms with van der Waals surface area (Å²) in [6, 6.07) is 6.02. The number of aliphatic hydroxyl groups is 1. The van der Waals surface area contributed by atoms with E-state index in [-0.39, 0.29) is 24.0 Å². The fraction of sp³-hybridized carbons (Fsp3) is 0.562. The van der Waals surface area contributed by atoms with E-state index in [1.165, 1.54) is 5.56 Å². The molecule has 20 heavy (non-hydrogen) atoms. The maximum Gasteiger partial charge on any atom is 0.260 e. The summed E-state index contributed by atoms with van der Waals surface area (Å²) in [6.45, 7) is 9.29. The van der Waals surface area contributed by atoms with Crippen LogP contribution < -0.4 is 4.74 Å². The molecule has 1 N–H and O–H groups in total. The van der Waals surface area contributed by atoms with Crippen molar-refractivity contribution in [1.29, 1.82) is 0 Å². The van der Waals surface area contributed by atoms with Gasteiger partial charge in [0.05, 0.1) is 6.10 Å². The van der Waals surface area contributed by atoms with E-state index in [4.69, 9.17) is 4.74 Å². The second-order valence-electron chi connectivity index (χ2n) is 6.49. The van der Waals surface area contributed by atoms with Crippen LogP contribution in [0.2, 0.25) is 0 Å². The van der Waals surface area contributed by atoms with E-state index in [2.05, 4.69) is 26.8 Å². The van der Waals surface area contributed by atoms with E-state index in [1.54, 1.807) is 4.90 Å². The van der Waals surface area contributed by atoms with E-state index in [0.29, 0.717) is 13.1 Å². The van der Waals surface area contributed by atoms with Crippen molar-refractivity contribution in [2.45, 2.75) is 39.2 Å². The summed E-state index contributed by atoms with van der Waals surface area (Å²) in [4.78, 5) is 13.5. The lowest BCUT2D eigenvalue weighted by atomic mass is 9.85. The van der Waals surface area contributed by atoms with Crippen molar-refractivity contribution in [1.82, 2.24) is 4.90 Å². The molecule has 4 nitrogen and oxygen atoms in total. The zero-order chi connectivity index (χ0) is 14.9. The molecule has 1 aromatic carbocycles. The first kappa shape index (κ1) is 14.9. The van der Waals surface area contributed by atoms with Crippen molar-refractivity contribution in [3.05, 3.63) is 29.3 Å². The van der Waals surface area contributed by atoms with Gasteiger partial charge in [0.15, 0.2) is 6.61 Å². The molecule has 0 atom stereocenters. The van der Waals surface area contributed by atoms with E-state index < -0.39 is 0 Å². The minimum Gasteiger partial charge on any atom is -0.483 e. The van der Waals surface area contributed by atoms with Crippen LogP contribution >= 0.6 is 0 Å². The molecule has 0 spiro atoms. The van der Waals surface area contributed by atoms with Crippen LogP contribution in [-0.2, 0) is 10.2 Å². The van der Waals surface area contributed by atoms with Crippen LogP contribution in [-0.4, -0.2) is 41.7 Å². The predicted octanol–water partition coefficient (Wildman–Crippen LogP) is 1.87. The second-order valence-corrected chi connectivity index (χ2v) is 6.49. The fourth-order valence-corrected chi connectivity index (χ4v) is 2.25. The molecule has 0 unspecified atom stereocenters. The quantitative estimate of drug-likeness (QED) is 0.917. The first-order valence-electron chi connectivity index (χ1n) is 6.97. The molecule has 0 radical (unpaired) electrons. The van der Waals surface area contributed by atoms with Gasteiger partial charge in [-0.3, -0.25) is 4.79 Å². The Kier molecular flexibility index (Phi) is 4.04. The third-order valence-electron chi connectivity index (χ3n) is 3.51. The molecular weight excluding hydrogens is 254 g/mol. The molecule has 2 rings (SSSR count). The normalized spacial score (nSPS) is 15.9. The number of ether oxygens (including phenoxy) is 1. The summed E-state index contributed by atoms with van der Waals surface area (Å²) in [5.74, 6) is 0.688. The molecule has 1 aliphatic rings. The molecule has 110 valence electrons. The summed E-state index contributed by atoms with van der Waals surface area (Å²) in [7, 11) is 0. The Bertz CT molecular complexity index is 499. The Hall–Kier alpha value is -1.55. The zero-order valence-electron chi connectivity index (χ0n) is 12.6. The first-order valence-corrected chi connectivity index (χ1v) is 6.97. The minimum absolute atomic E-state index is 0.0266. The van der Waals surface area contributed by atoms with E-state index >= 15 is 0 Å². The van der Waals surface area contributed by atoms with Crippen LogP contribution in [0.5, 0.6) is 5.75 Å². The fourth-order valence-electron chi connectivity index (χ4n) is 2.25. The van der Waals surface area contributed by atoms with E-state index in [1.807, 2.05) is 19.1 Å². The Morgan fingerprint density at radius 3 is 2.60 bits per heavy atom. The van der Waals surface area contributed by atoms with Crippen LogP contribution in [0.1, 0.15) is 31.9 Å².